The van der Waals surface area contributed by atoms with Gasteiger partial charge in [-0.2, -0.15) is 0 Å². The fraction of sp³-hybridized carbons (Fsp3) is 0.417. The molecule has 0 amide bonds. The summed E-state index contributed by atoms with van der Waals surface area (Å²) in [5.74, 6) is 3.40. The molecule has 1 atom stereocenters. The van der Waals surface area contributed by atoms with Crippen molar-refractivity contribution in [1.82, 2.24) is 16.5 Å². The maximum atomic E-state index is 13.2. The fourth-order valence-corrected chi connectivity index (χ4v) is 1.56. The molecule has 0 aromatic heterocycles. The average molecular weight is 273 g/mol. The molecule has 0 aliphatic carbocycles. The summed E-state index contributed by atoms with van der Waals surface area (Å²) in [5, 5.41) is 0. The van der Waals surface area contributed by atoms with Crippen LogP contribution in [0.3, 0.4) is 0 Å². The Morgan fingerprint density at radius 1 is 1.37 bits per heavy atom. The van der Waals surface area contributed by atoms with Gasteiger partial charge < -0.3 is 16.5 Å². The van der Waals surface area contributed by atoms with Gasteiger partial charge in [0.15, 0.2) is 11.6 Å². The zero-order chi connectivity index (χ0) is 13.5. The van der Waals surface area contributed by atoms with E-state index in [0.717, 1.165) is 12.6 Å². The Balaban J connectivity index is 0.00000324. The predicted molar refractivity (Wildman–Crippen MR) is 73.1 cm³/mol. The van der Waals surface area contributed by atoms with Gasteiger partial charge in [0.25, 0.3) is 0 Å². The molecule has 7 heteroatoms. The summed E-state index contributed by atoms with van der Waals surface area (Å²) in [6.45, 7) is 0.783. The van der Waals surface area contributed by atoms with Crippen LogP contribution in [-0.2, 0) is 0 Å². The number of hydrazine groups is 1. The molecule has 0 fully saturated rings. The summed E-state index contributed by atoms with van der Waals surface area (Å²) in [6.07, 6.45) is 2.04. The zero-order valence-corrected chi connectivity index (χ0v) is 11.2. The zero-order valence-electron chi connectivity index (χ0n) is 11.2. The second-order valence-corrected chi connectivity index (χ2v) is 4.23. The third-order valence-corrected chi connectivity index (χ3v) is 2.51. The van der Waals surface area contributed by atoms with Gasteiger partial charge in [-0.15, -0.1) is 0 Å². The van der Waals surface area contributed by atoms with Crippen molar-refractivity contribution >= 4 is 6.34 Å². The Hall–Kier alpha value is -1.57. The molecule has 0 aliphatic heterocycles. The number of benzene rings is 1. The average Bonchev–Trinajstić information content (AvgIpc) is 2.33. The van der Waals surface area contributed by atoms with Crippen molar-refractivity contribution in [2.45, 2.75) is 12.5 Å². The highest BCUT2D eigenvalue weighted by Crippen LogP contribution is 2.22. The third kappa shape index (κ3) is 5.73. The Bertz CT molecular complexity index is 409. The first-order chi connectivity index (χ1) is 8.54. The lowest BCUT2D eigenvalue weighted by atomic mass is 10.0. The van der Waals surface area contributed by atoms with Crippen molar-refractivity contribution in [3.63, 3.8) is 0 Å². The van der Waals surface area contributed by atoms with Gasteiger partial charge in [-0.3, -0.25) is 4.99 Å². The molecule has 0 saturated carbocycles. The molecular weight excluding hydrogens is 252 g/mol. The van der Waals surface area contributed by atoms with E-state index in [4.69, 9.17) is 5.84 Å². The minimum atomic E-state index is -0.863. The van der Waals surface area contributed by atoms with E-state index in [0.29, 0.717) is 12.0 Å². The number of halogens is 2. The molecular formula is C12H21F2N5. The number of nitrogens with one attached hydrogen (secondary N) is 1. The maximum Gasteiger partial charge on any atom is 0.159 e. The summed E-state index contributed by atoms with van der Waals surface area (Å²) in [6, 6.07) is 3.56. The lowest BCUT2D eigenvalue weighted by Crippen LogP contribution is -2.21. The van der Waals surface area contributed by atoms with Crippen LogP contribution in [0.25, 0.3) is 0 Å². The SMILES string of the molecule is CN(C)CCC(N=CNN)c1ccc(F)c(F)c1.N. The van der Waals surface area contributed by atoms with E-state index in [2.05, 4.69) is 10.4 Å². The van der Waals surface area contributed by atoms with Gasteiger partial charge in [-0.1, -0.05) is 6.07 Å². The monoisotopic (exact) mass is 273 g/mol. The highest BCUT2D eigenvalue weighted by molar-refractivity contribution is 5.53. The minimum Gasteiger partial charge on any atom is -0.344 e. The molecule has 6 N–H and O–H groups in total. The molecule has 0 aliphatic rings. The first-order valence-electron chi connectivity index (χ1n) is 5.62. The highest BCUT2D eigenvalue weighted by Gasteiger charge is 2.12. The van der Waals surface area contributed by atoms with Crippen LogP contribution < -0.4 is 17.4 Å². The number of rotatable bonds is 6. The molecule has 108 valence electrons. The molecule has 0 radical (unpaired) electrons. The van der Waals surface area contributed by atoms with Crippen molar-refractivity contribution in [1.29, 1.82) is 0 Å². The first-order valence-corrected chi connectivity index (χ1v) is 5.62. The Labute approximate surface area is 112 Å². The Morgan fingerprint density at radius 2 is 2.05 bits per heavy atom. The standard InChI is InChI=1S/C12H18F2N4.H3N/c1-18(2)6-5-12(16-8-17-15)9-3-4-10(13)11(14)7-9;/h3-4,7-8,12H,5-6,15H2,1-2H3,(H,16,17);1H3. The molecule has 1 aromatic carbocycles. The van der Waals surface area contributed by atoms with E-state index in [1.54, 1.807) is 0 Å². The van der Waals surface area contributed by atoms with Crippen molar-refractivity contribution in [2.24, 2.45) is 10.8 Å². The Morgan fingerprint density at radius 3 is 2.58 bits per heavy atom. The first kappa shape index (κ1) is 17.4. The van der Waals surface area contributed by atoms with Crippen LogP contribution in [0.1, 0.15) is 18.0 Å². The second-order valence-electron chi connectivity index (χ2n) is 4.23. The van der Waals surface area contributed by atoms with Crippen LogP contribution in [-0.4, -0.2) is 31.9 Å². The van der Waals surface area contributed by atoms with Crippen LogP contribution >= 0.6 is 0 Å². The van der Waals surface area contributed by atoms with E-state index in [9.17, 15) is 8.78 Å². The number of nitrogens with two attached hydrogens (primary N) is 1. The normalized spacial score (nSPS) is 12.5. The fourth-order valence-electron chi connectivity index (χ4n) is 1.56. The van der Waals surface area contributed by atoms with E-state index in [1.807, 2.05) is 19.0 Å². The molecule has 1 aromatic rings. The maximum absolute atomic E-state index is 13.2. The third-order valence-electron chi connectivity index (χ3n) is 2.51. The summed E-state index contributed by atoms with van der Waals surface area (Å²) in [4.78, 5) is 6.18. The number of aliphatic imine (C=N–C) groups is 1. The molecule has 0 spiro atoms. The minimum absolute atomic E-state index is 0. The second kappa shape index (κ2) is 8.52. The molecule has 1 rings (SSSR count). The van der Waals surface area contributed by atoms with Crippen LogP contribution in [0.5, 0.6) is 0 Å². The summed E-state index contributed by atoms with van der Waals surface area (Å²) in [7, 11) is 3.88. The van der Waals surface area contributed by atoms with Crippen LogP contribution in [0.15, 0.2) is 23.2 Å². The summed E-state index contributed by atoms with van der Waals surface area (Å²) < 4.78 is 26.1. The summed E-state index contributed by atoms with van der Waals surface area (Å²) in [5.41, 5.74) is 2.94. The van der Waals surface area contributed by atoms with Gasteiger partial charge >= 0.3 is 0 Å². The topological polar surface area (TPSA) is 88.7 Å². The van der Waals surface area contributed by atoms with Gasteiger partial charge in [-0.05, 0) is 44.8 Å². The van der Waals surface area contributed by atoms with Gasteiger partial charge in [0.05, 0.1) is 12.4 Å². The smallest absolute Gasteiger partial charge is 0.159 e. The number of hydrogen-bond donors (Lipinski definition) is 3. The van der Waals surface area contributed by atoms with Crippen molar-refractivity contribution in [2.75, 3.05) is 20.6 Å². The number of nitrogens with zero attached hydrogens (tertiary/aromatic N) is 2. The van der Waals surface area contributed by atoms with Crippen LogP contribution in [0.4, 0.5) is 8.78 Å². The van der Waals surface area contributed by atoms with Crippen molar-refractivity contribution in [3.05, 3.63) is 35.4 Å². The van der Waals surface area contributed by atoms with E-state index in [-0.39, 0.29) is 12.2 Å². The quantitative estimate of drug-likeness (QED) is 0.318. The largest absolute Gasteiger partial charge is 0.344 e. The highest BCUT2D eigenvalue weighted by atomic mass is 19.2. The van der Waals surface area contributed by atoms with Crippen LogP contribution in [0, 0.1) is 11.6 Å². The van der Waals surface area contributed by atoms with Crippen LogP contribution in [0.2, 0.25) is 0 Å². The summed E-state index contributed by atoms with van der Waals surface area (Å²) >= 11 is 0. The molecule has 0 heterocycles. The molecule has 0 saturated heterocycles. The van der Waals surface area contributed by atoms with Crippen molar-refractivity contribution in [3.8, 4) is 0 Å². The number of hydrogen-bond acceptors (Lipinski definition) is 4. The van der Waals surface area contributed by atoms with Gasteiger partial charge in [0.1, 0.15) is 0 Å². The van der Waals surface area contributed by atoms with Crippen molar-refractivity contribution < 1.29 is 8.78 Å². The lowest BCUT2D eigenvalue weighted by Gasteiger charge is -2.16. The van der Waals surface area contributed by atoms with Gasteiger partial charge in [-0.25, -0.2) is 14.6 Å². The predicted octanol–water partition coefficient (Wildman–Crippen LogP) is 1.61. The van der Waals surface area contributed by atoms with Gasteiger partial charge in [0, 0.05) is 0 Å². The Kier molecular flexibility index (Phi) is 7.81. The molecule has 0 bridgehead atoms. The molecule has 19 heavy (non-hydrogen) atoms. The van der Waals surface area contributed by atoms with E-state index in [1.165, 1.54) is 18.5 Å². The molecule has 5 nitrogen and oxygen atoms in total. The van der Waals surface area contributed by atoms with E-state index < -0.39 is 11.6 Å². The van der Waals surface area contributed by atoms with Gasteiger partial charge in [0.2, 0.25) is 0 Å². The molecule has 1 unspecified atom stereocenters. The lowest BCUT2D eigenvalue weighted by molar-refractivity contribution is 0.382. The van der Waals surface area contributed by atoms with E-state index >= 15 is 0 Å².